The fourth-order valence-electron chi connectivity index (χ4n) is 2.63. The summed E-state index contributed by atoms with van der Waals surface area (Å²) in [6.07, 6.45) is 0. The summed E-state index contributed by atoms with van der Waals surface area (Å²) in [6.45, 7) is 6.24. The molecule has 5 heteroatoms. The number of benzene rings is 1. The van der Waals surface area contributed by atoms with Crippen molar-refractivity contribution < 1.29 is 19.4 Å². The van der Waals surface area contributed by atoms with E-state index in [0.29, 0.717) is 38.0 Å². The second-order valence-corrected chi connectivity index (χ2v) is 5.53. The number of aromatic carboxylic acids is 1. The number of para-hydroxylation sites is 1. The van der Waals surface area contributed by atoms with E-state index in [1.54, 1.807) is 13.2 Å². The molecular weight excluding hydrogens is 282 g/mol. The van der Waals surface area contributed by atoms with Crippen molar-refractivity contribution in [2.24, 2.45) is 0 Å². The highest BCUT2D eigenvalue weighted by Gasteiger charge is 2.17. The Kier molecular flexibility index (Phi) is 5.57. The maximum absolute atomic E-state index is 11.5. The van der Waals surface area contributed by atoms with Gasteiger partial charge in [0.15, 0.2) is 0 Å². The molecule has 0 saturated heterocycles. The van der Waals surface area contributed by atoms with Crippen LogP contribution in [0.25, 0.3) is 10.9 Å². The van der Waals surface area contributed by atoms with Gasteiger partial charge >= 0.3 is 5.97 Å². The van der Waals surface area contributed by atoms with Crippen molar-refractivity contribution in [3.05, 3.63) is 35.5 Å². The zero-order valence-electron chi connectivity index (χ0n) is 13.3. The summed E-state index contributed by atoms with van der Waals surface area (Å²) >= 11 is 0. The van der Waals surface area contributed by atoms with E-state index in [4.69, 9.17) is 9.47 Å². The smallest absolute Gasteiger partial charge is 0.352 e. The monoisotopic (exact) mass is 305 g/mol. The second kappa shape index (κ2) is 7.42. The molecule has 5 nitrogen and oxygen atoms in total. The quantitative estimate of drug-likeness (QED) is 0.761. The highest BCUT2D eigenvalue weighted by atomic mass is 16.5. The van der Waals surface area contributed by atoms with Gasteiger partial charge in [-0.15, -0.1) is 0 Å². The summed E-state index contributed by atoms with van der Waals surface area (Å²) in [5.41, 5.74) is 2.45. The Morgan fingerprint density at radius 1 is 1.27 bits per heavy atom. The first-order chi connectivity index (χ1) is 10.6. The molecule has 0 aliphatic heterocycles. The molecule has 0 spiro atoms. The maximum atomic E-state index is 11.5. The Morgan fingerprint density at radius 3 is 2.68 bits per heavy atom. The summed E-state index contributed by atoms with van der Waals surface area (Å²) in [5.74, 6) is -0.587. The average Bonchev–Trinajstić information content (AvgIpc) is 2.86. The average molecular weight is 305 g/mol. The number of hydrogen-bond acceptors (Lipinski definition) is 3. The normalized spacial score (nSPS) is 11.5. The predicted molar refractivity (Wildman–Crippen MR) is 85.7 cm³/mol. The van der Waals surface area contributed by atoms with Crippen LogP contribution in [0.5, 0.6) is 0 Å². The maximum Gasteiger partial charge on any atom is 0.352 e. The van der Waals surface area contributed by atoms with Crippen molar-refractivity contribution in [1.82, 2.24) is 4.57 Å². The molecule has 22 heavy (non-hydrogen) atoms. The molecule has 0 amide bonds. The topological polar surface area (TPSA) is 60.7 Å². The molecule has 0 unspecified atom stereocenters. The lowest BCUT2D eigenvalue weighted by Gasteiger charge is -2.14. The fourth-order valence-corrected chi connectivity index (χ4v) is 2.63. The van der Waals surface area contributed by atoms with Crippen molar-refractivity contribution in [2.45, 2.75) is 26.3 Å². The Labute approximate surface area is 130 Å². The molecule has 0 atom stereocenters. The number of carbonyl (C=O) groups is 1. The van der Waals surface area contributed by atoms with Gasteiger partial charge in [0.05, 0.1) is 25.3 Å². The number of aromatic nitrogens is 1. The Balaban J connectivity index is 2.35. The highest BCUT2D eigenvalue weighted by molar-refractivity contribution is 5.96. The lowest BCUT2D eigenvalue weighted by atomic mass is 10.0. The molecule has 2 rings (SSSR count). The standard InChI is InChI=1S/C17H23NO4/c1-12(2)14-6-4-5-13-11-15(17(19)20)18(16(13)14)7-8-22-10-9-21-3/h4-6,11-12H,7-10H2,1-3H3,(H,19,20). The summed E-state index contributed by atoms with van der Waals surface area (Å²) < 4.78 is 12.3. The molecule has 0 fully saturated rings. The Hall–Kier alpha value is -1.85. The van der Waals surface area contributed by atoms with Gasteiger partial charge in [0.25, 0.3) is 0 Å². The van der Waals surface area contributed by atoms with E-state index in [1.165, 1.54) is 0 Å². The van der Waals surface area contributed by atoms with Crippen LogP contribution >= 0.6 is 0 Å². The van der Waals surface area contributed by atoms with Crippen molar-refractivity contribution in [2.75, 3.05) is 26.9 Å². The molecule has 0 aliphatic rings. The third-order valence-corrected chi connectivity index (χ3v) is 3.68. The van der Waals surface area contributed by atoms with Gasteiger partial charge in [0.2, 0.25) is 0 Å². The third kappa shape index (κ3) is 3.48. The number of carboxylic acid groups (broad SMARTS) is 1. The van der Waals surface area contributed by atoms with Crippen LogP contribution in [0.2, 0.25) is 0 Å². The van der Waals surface area contributed by atoms with Crippen LogP contribution in [0.1, 0.15) is 35.8 Å². The van der Waals surface area contributed by atoms with Crippen molar-refractivity contribution in [1.29, 1.82) is 0 Å². The molecule has 0 bridgehead atoms. The summed E-state index contributed by atoms with van der Waals surface area (Å²) in [7, 11) is 1.63. The van der Waals surface area contributed by atoms with Crippen LogP contribution in [-0.2, 0) is 16.0 Å². The molecule has 1 aromatic heterocycles. The van der Waals surface area contributed by atoms with E-state index in [-0.39, 0.29) is 0 Å². The number of hydrogen-bond donors (Lipinski definition) is 1. The first-order valence-electron chi connectivity index (χ1n) is 7.48. The molecular formula is C17H23NO4. The van der Waals surface area contributed by atoms with Gasteiger partial charge in [-0.05, 0) is 17.5 Å². The molecule has 1 aromatic carbocycles. The number of carboxylic acids is 1. The van der Waals surface area contributed by atoms with Crippen LogP contribution in [0.3, 0.4) is 0 Å². The number of methoxy groups -OCH3 is 1. The van der Waals surface area contributed by atoms with Gasteiger partial charge in [-0.25, -0.2) is 4.79 Å². The molecule has 2 aromatic rings. The van der Waals surface area contributed by atoms with Crippen molar-refractivity contribution in [3.63, 3.8) is 0 Å². The van der Waals surface area contributed by atoms with Crippen molar-refractivity contribution >= 4 is 16.9 Å². The van der Waals surface area contributed by atoms with E-state index in [0.717, 1.165) is 16.5 Å². The molecule has 120 valence electrons. The SMILES string of the molecule is COCCOCCn1c(C(=O)O)cc2cccc(C(C)C)c21. The zero-order chi connectivity index (χ0) is 16.1. The van der Waals surface area contributed by atoms with Crippen LogP contribution in [-0.4, -0.2) is 42.6 Å². The van der Waals surface area contributed by atoms with Crippen LogP contribution in [0.4, 0.5) is 0 Å². The largest absolute Gasteiger partial charge is 0.477 e. The Bertz CT molecular complexity index is 645. The molecule has 0 aliphatic carbocycles. The third-order valence-electron chi connectivity index (χ3n) is 3.68. The van der Waals surface area contributed by atoms with E-state index in [9.17, 15) is 9.90 Å². The van der Waals surface area contributed by atoms with Gasteiger partial charge in [0, 0.05) is 19.0 Å². The fraction of sp³-hybridized carbons (Fsp3) is 0.471. The van der Waals surface area contributed by atoms with Crippen LogP contribution in [0, 0.1) is 0 Å². The summed E-state index contributed by atoms with van der Waals surface area (Å²) in [5, 5.41) is 10.4. The molecule has 0 radical (unpaired) electrons. The first kappa shape index (κ1) is 16.5. The summed E-state index contributed by atoms with van der Waals surface area (Å²) in [6, 6.07) is 7.72. The lowest BCUT2D eigenvalue weighted by Crippen LogP contribution is -2.14. The van der Waals surface area contributed by atoms with E-state index < -0.39 is 5.97 Å². The first-order valence-corrected chi connectivity index (χ1v) is 7.48. The van der Waals surface area contributed by atoms with E-state index >= 15 is 0 Å². The predicted octanol–water partition coefficient (Wildman–Crippen LogP) is 3.13. The minimum absolute atomic E-state index is 0.304. The van der Waals surface area contributed by atoms with E-state index in [2.05, 4.69) is 19.9 Å². The lowest BCUT2D eigenvalue weighted by molar-refractivity contribution is 0.0632. The number of fused-ring (bicyclic) bond motifs is 1. The van der Waals surface area contributed by atoms with Crippen LogP contribution < -0.4 is 0 Å². The minimum atomic E-state index is -0.914. The van der Waals surface area contributed by atoms with Gasteiger partial charge in [-0.2, -0.15) is 0 Å². The molecule has 0 saturated carbocycles. The van der Waals surface area contributed by atoms with Gasteiger partial charge < -0.3 is 19.1 Å². The van der Waals surface area contributed by atoms with Crippen molar-refractivity contribution in [3.8, 4) is 0 Å². The van der Waals surface area contributed by atoms with Gasteiger partial charge in [-0.1, -0.05) is 32.0 Å². The zero-order valence-corrected chi connectivity index (χ0v) is 13.3. The molecule has 1 N–H and O–H groups in total. The number of ether oxygens (including phenoxy) is 2. The highest BCUT2D eigenvalue weighted by Crippen LogP contribution is 2.28. The second-order valence-electron chi connectivity index (χ2n) is 5.53. The van der Waals surface area contributed by atoms with Gasteiger partial charge in [-0.3, -0.25) is 0 Å². The Morgan fingerprint density at radius 2 is 2.05 bits per heavy atom. The number of nitrogens with zero attached hydrogens (tertiary/aromatic N) is 1. The molecule has 1 heterocycles. The minimum Gasteiger partial charge on any atom is -0.477 e. The van der Waals surface area contributed by atoms with Gasteiger partial charge in [0.1, 0.15) is 5.69 Å². The number of rotatable bonds is 8. The van der Waals surface area contributed by atoms with E-state index in [1.807, 2.05) is 16.7 Å². The van der Waals surface area contributed by atoms with Crippen LogP contribution in [0.15, 0.2) is 24.3 Å². The summed E-state index contributed by atoms with van der Waals surface area (Å²) in [4.78, 5) is 11.5.